The van der Waals surface area contributed by atoms with Crippen LogP contribution in [0.3, 0.4) is 0 Å². The predicted octanol–water partition coefficient (Wildman–Crippen LogP) is -0.291. The molecule has 0 bridgehead atoms. The maximum Gasteiger partial charge on any atom is 0.153 e. The van der Waals surface area contributed by atoms with Crippen LogP contribution < -0.4 is 0 Å². The number of carbonyl (C=O) groups is 1. The molecule has 0 aromatic carbocycles. The van der Waals surface area contributed by atoms with Crippen LogP contribution in [0.4, 0.5) is 0 Å². The summed E-state index contributed by atoms with van der Waals surface area (Å²) in [5.74, 6) is 2.09. The minimum Gasteiger partial charge on any atom is -0.295 e. The molecule has 0 aliphatic rings. The van der Waals surface area contributed by atoms with Crippen molar-refractivity contribution in [3.63, 3.8) is 0 Å². The first kappa shape index (κ1) is 9.54. The summed E-state index contributed by atoms with van der Waals surface area (Å²) in [7, 11) is 3.74. The Morgan fingerprint density at radius 2 is 1.80 bits per heavy atom. The van der Waals surface area contributed by atoms with Crippen LogP contribution in [0.5, 0.6) is 0 Å². The van der Waals surface area contributed by atoms with Crippen LogP contribution in [0.15, 0.2) is 11.4 Å². The number of ketones is 1. The fourth-order valence-electron chi connectivity index (χ4n) is 0.723. The quantitative estimate of drug-likeness (QED) is 0.357. The van der Waals surface area contributed by atoms with Gasteiger partial charge in [0.15, 0.2) is 5.78 Å². The fraction of sp³-hybridized carbons (Fsp3) is 0.571. The lowest BCUT2D eigenvalue weighted by Crippen LogP contribution is -2.22. The van der Waals surface area contributed by atoms with E-state index in [1.165, 1.54) is 0 Å². The van der Waals surface area contributed by atoms with Crippen molar-refractivity contribution in [3.05, 3.63) is 11.4 Å². The molecule has 0 radical (unpaired) electrons. The zero-order valence-corrected chi connectivity index (χ0v) is 7.49. The summed E-state index contributed by atoms with van der Waals surface area (Å²) in [6.07, 6.45) is 0. The third-order valence-electron chi connectivity index (χ3n) is 1.47. The monoisotopic (exact) mass is 136 g/mol. The number of carbonyl (C=O) groups excluding carboxylic acids is 1. The number of rotatable bonds is 1. The fourth-order valence-corrected chi connectivity index (χ4v) is 0.723. The van der Waals surface area contributed by atoms with Gasteiger partial charge in [-0.3, -0.25) is 4.79 Å². The molecule has 0 N–H and O–H groups in total. The van der Waals surface area contributed by atoms with Crippen molar-refractivity contribution < 1.29 is 4.79 Å². The number of allylic oxidation sites excluding steroid dienone is 1. The smallest absolute Gasteiger partial charge is 0.153 e. The first-order valence-electron chi connectivity index (χ1n) is 3.57. The van der Waals surface area contributed by atoms with E-state index in [0.717, 1.165) is 5.47 Å². The Hall–Kier alpha value is -0.460. The number of Topliss-reactive ketones (excluding diaryl/α,β-unsaturated/α-hetero) is 1. The molecule has 0 heterocycles. The van der Waals surface area contributed by atoms with E-state index in [1.54, 1.807) is 0 Å². The molecule has 1 nitrogen and oxygen atoms in total. The second-order valence-electron chi connectivity index (χ2n) is 3.55. The van der Waals surface area contributed by atoms with Gasteiger partial charge in [0.2, 0.25) is 0 Å². The SMILES string of the molecule is B/C=C(\B)C(=O)C(C)(C)C. The Kier molecular flexibility index (Phi) is 2.95. The summed E-state index contributed by atoms with van der Waals surface area (Å²) in [6, 6.07) is 0. The van der Waals surface area contributed by atoms with Crippen LogP contribution in [-0.4, -0.2) is 21.5 Å². The van der Waals surface area contributed by atoms with Gasteiger partial charge in [-0.2, -0.15) is 0 Å². The second kappa shape index (κ2) is 3.09. The molecule has 0 aliphatic carbocycles. The second-order valence-corrected chi connectivity index (χ2v) is 3.55. The maximum absolute atomic E-state index is 11.3. The van der Waals surface area contributed by atoms with Gasteiger partial charge in [0.05, 0.1) is 0 Å². The molecule has 0 unspecified atom stereocenters. The van der Waals surface area contributed by atoms with E-state index in [9.17, 15) is 4.79 Å². The van der Waals surface area contributed by atoms with E-state index in [4.69, 9.17) is 0 Å². The molecule has 10 heavy (non-hydrogen) atoms. The molecule has 0 atom stereocenters. The van der Waals surface area contributed by atoms with Crippen molar-refractivity contribution in [2.75, 3.05) is 0 Å². The Labute approximate surface area is 64.7 Å². The summed E-state index contributed by atoms with van der Waals surface area (Å²) in [6.45, 7) is 5.80. The van der Waals surface area contributed by atoms with Crippen LogP contribution in [-0.2, 0) is 4.79 Å². The van der Waals surface area contributed by atoms with Crippen molar-refractivity contribution >= 4 is 21.5 Å². The van der Waals surface area contributed by atoms with Gasteiger partial charge in [-0.1, -0.05) is 26.2 Å². The van der Waals surface area contributed by atoms with Crippen LogP contribution in [0.1, 0.15) is 20.8 Å². The van der Waals surface area contributed by atoms with E-state index in [1.807, 2.05) is 42.4 Å². The Bertz CT molecular complexity index is 165. The summed E-state index contributed by atoms with van der Waals surface area (Å²) in [5.41, 5.74) is 0.629. The summed E-state index contributed by atoms with van der Waals surface area (Å²) >= 11 is 0. The van der Waals surface area contributed by atoms with E-state index in [2.05, 4.69) is 0 Å². The molecule has 54 valence electrons. The normalized spacial score (nSPS) is 13.3. The van der Waals surface area contributed by atoms with Gasteiger partial charge in [-0.05, 0) is 0 Å². The Morgan fingerprint density at radius 1 is 1.40 bits per heavy atom. The lowest BCUT2D eigenvalue weighted by Gasteiger charge is -2.16. The van der Waals surface area contributed by atoms with E-state index in [-0.39, 0.29) is 11.2 Å². The van der Waals surface area contributed by atoms with Crippen molar-refractivity contribution in [1.82, 2.24) is 0 Å². The lowest BCUT2D eigenvalue weighted by molar-refractivity contribution is -0.121. The predicted molar refractivity (Wildman–Crippen MR) is 49.6 cm³/mol. The molecular weight excluding hydrogens is 122 g/mol. The largest absolute Gasteiger partial charge is 0.295 e. The van der Waals surface area contributed by atoms with Crippen LogP contribution in [0, 0.1) is 5.41 Å². The van der Waals surface area contributed by atoms with Crippen molar-refractivity contribution in [2.24, 2.45) is 5.41 Å². The van der Waals surface area contributed by atoms with Crippen molar-refractivity contribution in [2.45, 2.75) is 20.8 Å². The van der Waals surface area contributed by atoms with Crippen LogP contribution in [0.2, 0.25) is 0 Å². The van der Waals surface area contributed by atoms with Gasteiger partial charge in [0.1, 0.15) is 15.7 Å². The van der Waals surface area contributed by atoms with Gasteiger partial charge >= 0.3 is 0 Å². The number of hydrogen-bond donors (Lipinski definition) is 0. The minimum atomic E-state index is -0.226. The first-order valence-corrected chi connectivity index (χ1v) is 3.57. The van der Waals surface area contributed by atoms with Crippen molar-refractivity contribution in [1.29, 1.82) is 0 Å². The molecule has 0 saturated carbocycles. The molecule has 3 heteroatoms. The molecule has 0 amide bonds. The molecule has 0 saturated heterocycles. The molecule has 0 aromatic heterocycles. The van der Waals surface area contributed by atoms with Gasteiger partial charge in [-0.15, -0.1) is 5.98 Å². The van der Waals surface area contributed by atoms with E-state index < -0.39 is 0 Å². The summed E-state index contributed by atoms with van der Waals surface area (Å²) in [4.78, 5) is 11.3. The summed E-state index contributed by atoms with van der Waals surface area (Å²) in [5, 5.41) is 0. The van der Waals surface area contributed by atoms with Gasteiger partial charge in [-0.25, -0.2) is 0 Å². The molecule has 0 fully saturated rings. The highest BCUT2D eigenvalue weighted by Gasteiger charge is 2.21. The molecule has 0 spiro atoms. The standard InChI is InChI=1S/C7H14B2O/c1-7(2,3)6(10)5(9)4-8/h4H,8-9H2,1-3H3/b5-4-. The van der Waals surface area contributed by atoms with E-state index >= 15 is 0 Å². The van der Waals surface area contributed by atoms with Crippen molar-refractivity contribution in [3.8, 4) is 0 Å². The molecule has 0 rings (SSSR count). The summed E-state index contributed by atoms with van der Waals surface area (Å²) < 4.78 is 0. The molecule has 0 aromatic rings. The molecular formula is C7H14B2O. The van der Waals surface area contributed by atoms with Crippen LogP contribution in [0.25, 0.3) is 0 Å². The van der Waals surface area contributed by atoms with Gasteiger partial charge in [0.25, 0.3) is 0 Å². The lowest BCUT2D eigenvalue weighted by atomic mass is 9.76. The Morgan fingerprint density at radius 3 is 1.90 bits per heavy atom. The third kappa shape index (κ3) is 2.42. The van der Waals surface area contributed by atoms with Gasteiger partial charge < -0.3 is 0 Å². The number of hydrogen-bond acceptors (Lipinski definition) is 1. The third-order valence-corrected chi connectivity index (χ3v) is 1.47. The first-order chi connectivity index (χ1) is 4.39. The van der Waals surface area contributed by atoms with E-state index in [0.29, 0.717) is 0 Å². The minimum absolute atomic E-state index is 0.226. The highest BCUT2D eigenvalue weighted by Crippen LogP contribution is 2.17. The zero-order valence-electron chi connectivity index (χ0n) is 7.49. The van der Waals surface area contributed by atoms with Crippen LogP contribution >= 0.6 is 0 Å². The average Bonchev–Trinajstić information content (AvgIpc) is 1.83. The maximum atomic E-state index is 11.3. The topological polar surface area (TPSA) is 17.1 Å². The zero-order chi connectivity index (χ0) is 8.36. The molecule has 0 aliphatic heterocycles. The highest BCUT2D eigenvalue weighted by atomic mass is 16.1. The average molecular weight is 136 g/mol. The highest BCUT2D eigenvalue weighted by molar-refractivity contribution is 6.41. The van der Waals surface area contributed by atoms with Gasteiger partial charge in [0, 0.05) is 5.41 Å². The Balaban J connectivity index is 4.39.